The van der Waals surface area contributed by atoms with Gasteiger partial charge in [-0.1, -0.05) is 147 Å². The van der Waals surface area contributed by atoms with Crippen LogP contribution in [0.1, 0.15) is 181 Å². The van der Waals surface area contributed by atoms with E-state index in [9.17, 15) is 19.0 Å². The predicted molar refractivity (Wildman–Crippen MR) is 201 cm³/mol. The molecule has 0 fully saturated rings. The quantitative estimate of drug-likeness (QED) is 0.0279. The van der Waals surface area contributed by atoms with Gasteiger partial charge in [-0.15, -0.1) is 0 Å². The van der Waals surface area contributed by atoms with E-state index in [1.165, 1.54) is 89.9 Å². The number of ether oxygens (including phenoxy) is 2. The van der Waals surface area contributed by atoms with E-state index in [0.29, 0.717) is 6.42 Å². The van der Waals surface area contributed by atoms with Gasteiger partial charge in [0.25, 0.3) is 0 Å². The molecule has 9 nitrogen and oxygen atoms in total. The molecule has 0 aliphatic heterocycles. The largest absolute Gasteiger partial charge is 0.472 e. The maximum Gasteiger partial charge on any atom is 0.472 e. The van der Waals surface area contributed by atoms with Crippen LogP contribution in [0, 0.1) is 0 Å². The number of hydrogen-bond donors (Lipinski definition) is 2. The maximum absolute atomic E-state index is 12.5. The fraction of sp³-hybridized carbons (Fsp3) is 0.846. The second-order valence-corrected chi connectivity index (χ2v) is 14.6. The first-order valence-corrected chi connectivity index (χ1v) is 21.3. The van der Waals surface area contributed by atoms with Crippen molar-refractivity contribution in [3.05, 3.63) is 24.3 Å². The Balaban J connectivity index is 4.22. The molecule has 0 saturated carbocycles. The van der Waals surface area contributed by atoms with Crippen LogP contribution in [0.15, 0.2) is 24.3 Å². The summed E-state index contributed by atoms with van der Waals surface area (Å²) in [5.74, 6) is -0.841. The number of phosphoric ester groups is 1. The van der Waals surface area contributed by atoms with Crippen LogP contribution in [0.3, 0.4) is 0 Å². The summed E-state index contributed by atoms with van der Waals surface area (Å²) in [5, 5.41) is 0. The molecular formula is C39H74NO8P. The number of unbranched alkanes of at least 4 members (excludes halogenated alkanes) is 20. The Hall–Kier alpha value is -1.51. The van der Waals surface area contributed by atoms with Crippen LogP contribution in [0.4, 0.5) is 0 Å². The molecule has 0 aromatic carbocycles. The van der Waals surface area contributed by atoms with Crippen molar-refractivity contribution >= 4 is 19.8 Å². The lowest BCUT2D eigenvalue weighted by Gasteiger charge is -2.19. The zero-order chi connectivity index (χ0) is 36.1. The van der Waals surface area contributed by atoms with Crippen molar-refractivity contribution in [3.63, 3.8) is 0 Å². The van der Waals surface area contributed by atoms with Gasteiger partial charge in [0.05, 0.1) is 13.2 Å². The molecule has 0 aliphatic carbocycles. The molecule has 0 rings (SSSR count). The highest BCUT2D eigenvalue weighted by molar-refractivity contribution is 7.47. The molecule has 1 unspecified atom stereocenters. The van der Waals surface area contributed by atoms with Crippen LogP contribution < -0.4 is 5.73 Å². The molecule has 49 heavy (non-hydrogen) atoms. The molecule has 0 aromatic rings. The zero-order valence-corrected chi connectivity index (χ0v) is 32.3. The minimum atomic E-state index is -4.37. The van der Waals surface area contributed by atoms with Crippen molar-refractivity contribution in [1.82, 2.24) is 0 Å². The van der Waals surface area contributed by atoms with Crippen LogP contribution in [-0.2, 0) is 32.7 Å². The number of carbonyl (C=O) groups is 2. The van der Waals surface area contributed by atoms with E-state index in [2.05, 4.69) is 38.2 Å². The van der Waals surface area contributed by atoms with Gasteiger partial charge in [0, 0.05) is 19.4 Å². The predicted octanol–water partition coefficient (Wildman–Crippen LogP) is 10.8. The Morgan fingerprint density at radius 3 is 1.59 bits per heavy atom. The molecule has 10 heteroatoms. The Morgan fingerprint density at radius 1 is 0.612 bits per heavy atom. The van der Waals surface area contributed by atoms with Crippen LogP contribution in [0.5, 0.6) is 0 Å². The highest BCUT2D eigenvalue weighted by atomic mass is 31.2. The third-order valence-electron chi connectivity index (χ3n) is 8.34. The minimum Gasteiger partial charge on any atom is -0.462 e. The van der Waals surface area contributed by atoms with Gasteiger partial charge in [-0.25, -0.2) is 4.57 Å². The van der Waals surface area contributed by atoms with Crippen LogP contribution in [0.25, 0.3) is 0 Å². The number of carbonyl (C=O) groups excluding carboxylic acids is 2. The van der Waals surface area contributed by atoms with E-state index in [4.69, 9.17) is 24.3 Å². The molecule has 288 valence electrons. The average molecular weight is 716 g/mol. The zero-order valence-electron chi connectivity index (χ0n) is 31.4. The lowest BCUT2D eigenvalue weighted by Crippen LogP contribution is -2.29. The summed E-state index contributed by atoms with van der Waals surface area (Å²) in [6.45, 7) is 3.69. The third-order valence-corrected chi connectivity index (χ3v) is 9.32. The van der Waals surface area contributed by atoms with Gasteiger partial charge in [-0.05, 0) is 44.9 Å². The molecule has 0 amide bonds. The number of nitrogens with two attached hydrogens (primary N) is 1. The fourth-order valence-corrected chi connectivity index (χ4v) is 6.13. The van der Waals surface area contributed by atoms with Gasteiger partial charge in [0.1, 0.15) is 6.61 Å². The number of phosphoric acid groups is 1. The van der Waals surface area contributed by atoms with Crippen molar-refractivity contribution in [2.45, 2.75) is 187 Å². The summed E-state index contributed by atoms with van der Waals surface area (Å²) >= 11 is 0. The van der Waals surface area contributed by atoms with Gasteiger partial charge in [0.2, 0.25) is 0 Å². The van der Waals surface area contributed by atoms with E-state index in [0.717, 1.165) is 57.8 Å². The number of rotatable bonds is 37. The normalized spacial score (nSPS) is 13.6. The first kappa shape index (κ1) is 47.5. The van der Waals surface area contributed by atoms with E-state index in [1.54, 1.807) is 0 Å². The summed E-state index contributed by atoms with van der Waals surface area (Å²) in [5.41, 5.74) is 5.33. The van der Waals surface area contributed by atoms with Crippen molar-refractivity contribution in [2.75, 3.05) is 26.4 Å². The Labute approximate surface area is 300 Å². The van der Waals surface area contributed by atoms with Crippen molar-refractivity contribution in [1.29, 1.82) is 0 Å². The highest BCUT2D eigenvalue weighted by Crippen LogP contribution is 2.43. The molecule has 0 saturated heterocycles. The number of esters is 2. The molecule has 0 bridgehead atoms. The SMILES string of the molecule is CCCCC/C=C/C/C=C\CCCCCCCC(=O)O[C@@H](COC(=O)CCCCCCCCCCCCCCC)COP(=O)(O)OCCN. The molecule has 2 atom stereocenters. The lowest BCUT2D eigenvalue weighted by atomic mass is 10.0. The summed E-state index contributed by atoms with van der Waals surface area (Å²) in [6, 6.07) is 0. The molecule has 0 aliphatic rings. The summed E-state index contributed by atoms with van der Waals surface area (Å²) in [4.78, 5) is 34.7. The van der Waals surface area contributed by atoms with E-state index >= 15 is 0 Å². The summed E-state index contributed by atoms with van der Waals surface area (Å²) < 4.78 is 32.7. The molecule has 0 spiro atoms. The summed E-state index contributed by atoms with van der Waals surface area (Å²) in [6.07, 6.45) is 36.3. The van der Waals surface area contributed by atoms with Crippen molar-refractivity contribution in [3.8, 4) is 0 Å². The molecule has 0 radical (unpaired) electrons. The Morgan fingerprint density at radius 2 is 1.06 bits per heavy atom. The van der Waals surface area contributed by atoms with Crippen LogP contribution in [0.2, 0.25) is 0 Å². The topological polar surface area (TPSA) is 134 Å². The molecule has 0 aromatic heterocycles. The molecule has 3 N–H and O–H groups in total. The Bertz CT molecular complexity index is 866. The first-order chi connectivity index (χ1) is 23.8. The fourth-order valence-electron chi connectivity index (χ4n) is 5.37. The Kier molecular flexibility index (Phi) is 35.2. The standard InChI is InChI=1S/C39H74NO8P/c1-3-5-7-9-11-13-15-17-18-20-22-24-26-28-30-32-39(42)48-37(36-47-49(43,44)46-34-33-40)35-45-38(41)31-29-27-25-23-21-19-16-14-12-10-8-6-4-2/h11,13,17-18,37H,3-10,12,14-16,19-36,40H2,1-2H3,(H,43,44)/b13-11+,18-17-/t37-/m0/s1. The van der Waals surface area contributed by atoms with Crippen molar-refractivity contribution in [2.24, 2.45) is 5.73 Å². The second-order valence-electron chi connectivity index (χ2n) is 13.2. The van der Waals surface area contributed by atoms with Gasteiger partial charge in [-0.2, -0.15) is 0 Å². The monoisotopic (exact) mass is 716 g/mol. The highest BCUT2D eigenvalue weighted by Gasteiger charge is 2.25. The first-order valence-electron chi connectivity index (χ1n) is 19.8. The summed E-state index contributed by atoms with van der Waals surface area (Å²) in [7, 11) is -4.37. The van der Waals surface area contributed by atoms with E-state index < -0.39 is 26.5 Å². The second kappa shape index (κ2) is 36.3. The van der Waals surface area contributed by atoms with Gasteiger partial charge in [0.15, 0.2) is 6.10 Å². The smallest absolute Gasteiger partial charge is 0.462 e. The van der Waals surface area contributed by atoms with Crippen molar-refractivity contribution < 1.29 is 37.6 Å². The average Bonchev–Trinajstić information content (AvgIpc) is 3.08. The third kappa shape index (κ3) is 36.1. The van der Waals surface area contributed by atoms with Crippen LogP contribution >= 0.6 is 7.82 Å². The lowest BCUT2D eigenvalue weighted by molar-refractivity contribution is -0.161. The maximum atomic E-state index is 12.5. The minimum absolute atomic E-state index is 0.0523. The van der Waals surface area contributed by atoms with Gasteiger partial charge in [-0.3, -0.25) is 18.6 Å². The number of hydrogen-bond acceptors (Lipinski definition) is 8. The number of allylic oxidation sites excluding steroid dienone is 4. The molecular weight excluding hydrogens is 641 g/mol. The van der Waals surface area contributed by atoms with Gasteiger partial charge >= 0.3 is 19.8 Å². The van der Waals surface area contributed by atoms with Crippen LogP contribution in [-0.4, -0.2) is 49.3 Å². The van der Waals surface area contributed by atoms with E-state index in [1.807, 2.05) is 0 Å². The molecule has 0 heterocycles. The van der Waals surface area contributed by atoms with E-state index in [-0.39, 0.29) is 38.6 Å². The van der Waals surface area contributed by atoms with Gasteiger partial charge < -0.3 is 20.1 Å².